The predicted octanol–water partition coefficient (Wildman–Crippen LogP) is -0.185. The van der Waals surface area contributed by atoms with E-state index in [1.807, 2.05) is 6.07 Å². The fraction of sp³-hybridized carbons (Fsp3) is 0.462. The van der Waals surface area contributed by atoms with Crippen LogP contribution in [0.2, 0.25) is 0 Å². The number of carbonyl (C=O) groups is 1. The molecule has 1 amide bonds. The molecule has 5 nitrogen and oxygen atoms in total. The van der Waals surface area contributed by atoms with Gasteiger partial charge in [-0.25, -0.2) is 10.9 Å². The molecule has 4 N–H and O–H groups in total. The van der Waals surface area contributed by atoms with Crippen molar-refractivity contribution in [1.29, 1.82) is 0 Å². The molecule has 1 unspecified atom stereocenters. The predicted molar refractivity (Wildman–Crippen MR) is 68.4 cm³/mol. The van der Waals surface area contributed by atoms with Gasteiger partial charge in [0, 0.05) is 18.5 Å². The first-order valence-electron chi connectivity index (χ1n) is 6.37. The normalized spacial score (nSPS) is 24.8. The SMILES string of the molecule is O=C(NCC1(c2ccccc2)CC1)C1CNNN1. The van der Waals surface area contributed by atoms with Crippen molar-refractivity contribution < 1.29 is 4.79 Å². The third kappa shape index (κ3) is 2.25. The molecule has 0 bridgehead atoms. The standard InChI is InChI=1S/C13H18N4O/c18-12(11-8-15-17-16-11)14-9-13(6-7-13)10-4-2-1-3-5-10/h1-5,11,15-17H,6-9H2,(H,14,18). The summed E-state index contributed by atoms with van der Waals surface area (Å²) in [5.41, 5.74) is 10.0. The number of hydrogen-bond acceptors (Lipinski definition) is 4. The van der Waals surface area contributed by atoms with Gasteiger partial charge >= 0.3 is 0 Å². The van der Waals surface area contributed by atoms with Gasteiger partial charge in [-0.05, 0) is 18.4 Å². The number of benzene rings is 1. The molecule has 2 aliphatic rings. The van der Waals surface area contributed by atoms with Crippen LogP contribution in [0.25, 0.3) is 0 Å². The van der Waals surface area contributed by atoms with Gasteiger partial charge in [-0.2, -0.15) is 5.53 Å². The Balaban J connectivity index is 1.58. The summed E-state index contributed by atoms with van der Waals surface area (Å²) in [6.45, 7) is 1.35. The summed E-state index contributed by atoms with van der Waals surface area (Å²) in [5.74, 6) is 0.0507. The van der Waals surface area contributed by atoms with Crippen molar-refractivity contribution in [1.82, 2.24) is 21.7 Å². The van der Waals surface area contributed by atoms with E-state index in [4.69, 9.17) is 0 Å². The van der Waals surface area contributed by atoms with E-state index in [-0.39, 0.29) is 17.4 Å². The van der Waals surface area contributed by atoms with Crippen molar-refractivity contribution in [2.45, 2.75) is 24.3 Å². The third-order valence-corrected chi connectivity index (χ3v) is 3.80. The van der Waals surface area contributed by atoms with Crippen LogP contribution in [-0.2, 0) is 10.2 Å². The molecule has 1 aliphatic carbocycles. The fourth-order valence-corrected chi connectivity index (χ4v) is 2.39. The van der Waals surface area contributed by atoms with E-state index in [2.05, 4.69) is 46.0 Å². The number of amides is 1. The lowest BCUT2D eigenvalue weighted by Crippen LogP contribution is -2.46. The van der Waals surface area contributed by atoms with Crippen LogP contribution >= 0.6 is 0 Å². The lowest BCUT2D eigenvalue weighted by atomic mass is 9.96. The smallest absolute Gasteiger partial charge is 0.239 e. The first-order valence-corrected chi connectivity index (χ1v) is 6.37. The molecule has 1 saturated carbocycles. The molecule has 0 aromatic heterocycles. The van der Waals surface area contributed by atoms with Crippen molar-refractivity contribution in [2.24, 2.45) is 0 Å². The zero-order valence-electron chi connectivity index (χ0n) is 10.2. The summed E-state index contributed by atoms with van der Waals surface area (Å²) in [5, 5.41) is 3.04. The second-order valence-corrected chi connectivity index (χ2v) is 5.07. The highest BCUT2D eigenvalue weighted by atomic mass is 16.2. The Morgan fingerprint density at radius 3 is 2.72 bits per heavy atom. The minimum atomic E-state index is -0.184. The van der Waals surface area contributed by atoms with E-state index in [0.29, 0.717) is 6.54 Å². The largest absolute Gasteiger partial charge is 0.354 e. The molecule has 96 valence electrons. The van der Waals surface area contributed by atoms with Gasteiger partial charge in [-0.15, -0.1) is 0 Å². The summed E-state index contributed by atoms with van der Waals surface area (Å²) in [6.07, 6.45) is 2.32. The number of rotatable bonds is 4. The first kappa shape index (κ1) is 11.6. The van der Waals surface area contributed by atoms with Crippen LogP contribution in [0.4, 0.5) is 0 Å². The third-order valence-electron chi connectivity index (χ3n) is 3.80. The van der Waals surface area contributed by atoms with Crippen molar-refractivity contribution in [3.8, 4) is 0 Å². The Hall–Kier alpha value is -1.43. The molecule has 1 aromatic rings. The van der Waals surface area contributed by atoms with E-state index in [0.717, 1.165) is 19.4 Å². The number of nitrogens with one attached hydrogen (secondary N) is 4. The maximum atomic E-state index is 11.9. The Kier molecular flexibility index (Phi) is 3.03. The molecular weight excluding hydrogens is 228 g/mol. The lowest BCUT2D eigenvalue weighted by Gasteiger charge is -2.18. The fourth-order valence-electron chi connectivity index (χ4n) is 2.39. The minimum Gasteiger partial charge on any atom is -0.354 e. The molecule has 3 rings (SSSR count). The molecule has 1 aromatic carbocycles. The van der Waals surface area contributed by atoms with Crippen molar-refractivity contribution in [3.63, 3.8) is 0 Å². The van der Waals surface area contributed by atoms with Gasteiger partial charge in [0.1, 0.15) is 6.04 Å². The van der Waals surface area contributed by atoms with Crippen LogP contribution in [0.3, 0.4) is 0 Å². The molecule has 1 atom stereocenters. The van der Waals surface area contributed by atoms with Crippen LogP contribution in [0.1, 0.15) is 18.4 Å². The average Bonchev–Trinajstić information content (AvgIpc) is 3.01. The van der Waals surface area contributed by atoms with Gasteiger partial charge < -0.3 is 5.32 Å². The zero-order chi connectivity index (χ0) is 12.4. The molecule has 0 spiro atoms. The van der Waals surface area contributed by atoms with Crippen LogP contribution in [-0.4, -0.2) is 25.0 Å². The van der Waals surface area contributed by atoms with Gasteiger partial charge in [-0.1, -0.05) is 30.3 Å². The van der Waals surface area contributed by atoms with E-state index >= 15 is 0 Å². The molecule has 2 fully saturated rings. The van der Waals surface area contributed by atoms with Crippen molar-refractivity contribution in [2.75, 3.05) is 13.1 Å². The monoisotopic (exact) mass is 246 g/mol. The van der Waals surface area contributed by atoms with E-state index in [9.17, 15) is 4.79 Å². The summed E-state index contributed by atoms with van der Waals surface area (Å²) in [6, 6.07) is 10.3. The van der Waals surface area contributed by atoms with Gasteiger partial charge in [0.15, 0.2) is 0 Å². The molecule has 1 aliphatic heterocycles. The lowest BCUT2D eigenvalue weighted by molar-refractivity contribution is -0.122. The molecule has 1 heterocycles. The zero-order valence-corrected chi connectivity index (χ0v) is 10.2. The topological polar surface area (TPSA) is 65.2 Å². The number of hydrazine groups is 2. The maximum Gasteiger partial charge on any atom is 0.239 e. The minimum absolute atomic E-state index is 0.0507. The van der Waals surface area contributed by atoms with Gasteiger partial charge in [0.05, 0.1) is 0 Å². The highest BCUT2D eigenvalue weighted by molar-refractivity contribution is 5.82. The summed E-state index contributed by atoms with van der Waals surface area (Å²) in [7, 11) is 0. The molecule has 1 saturated heterocycles. The molecule has 18 heavy (non-hydrogen) atoms. The van der Waals surface area contributed by atoms with Crippen LogP contribution in [0.5, 0.6) is 0 Å². The van der Waals surface area contributed by atoms with Crippen LogP contribution < -0.4 is 21.7 Å². The quantitative estimate of drug-likeness (QED) is 0.595. The van der Waals surface area contributed by atoms with Crippen molar-refractivity contribution in [3.05, 3.63) is 35.9 Å². The van der Waals surface area contributed by atoms with E-state index < -0.39 is 0 Å². The summed E-state index contributed by atoms with van der Waals surface area (Å²) >= 11 is 0. The highest BCUT2D eigenvalue weighted by Gasteiger charge is 2.44. The Morgan fingerprint density at radius 2 is 2.11 bits per heavy atom. The average molecular weight is 246 g/mol. The Labute approximate surface area is 106 Å². The molecular formula is C13H18N4O. The molecule has 0 radical (unpaired) electrons. The van der Waals surface area contributed by atoms with E-state index in [1.54, 1.807) is 0 Å². The summed E-state index contributed by atoms with van der Waals surface area (Å²) < 4.78 is 0. The summed E-state index contributed by atoms with van der Waals surface area (Å²) in [4.78, 5) is 11.9. The maximum absolute atomic E-state index is 11.9. The van der Waals surface area contributed by atoms with Crippen LogP contribution in [0.15, 0.2) is 30.3 Å². The number of hydrogen-bond donors (Lipinski definition) is 4. The van der Waals surface area contributed by atoms with Gasteiger partial charge in [0.25, 0.3) is 0 Å². The van der Waals surface area contributed by atoms with Crippen molar-refractivity contribution >= 4 is 5.91 Å². The second-order valence-electron chi connectivity index (χ2n) is 5.07. The van der Waals surface area contributed by atoms with Gasteiger partial charge in [0.2, 0.25) is 5.91 Å². The Bertz CT molecular complexity index is 424. The number of carbonyl (C=O) groups excluding carboxylic acids is 1. The Morgan fingerprint density at radius 1 is 1.33 bits per heavy atom. The first-order chi connectivity index (χ1) is 8.80. The highest BCUT2D eigenvalue weighted by Crippen LogP contribution is 2.47. The van der Waals surface area contributed by atoms with E-state index in [1.165, 1.54) is 5.56 Å². The van der Waals surface area contributed by atoms with Crippen LogP contribution in [0, 0.1) is 0 Å². The molecule has 5 heteroatoms. The second kappa shape index (κ2) is 4.68. The van der Waals surface area contributed by atoms with Gasteiger partial charge in [-0.3, -0.25) is 4.79 Å².